The molecule has 1 N–H and O–H groups in total. The van der Waals surface area contributed by atoms with Crippen LogP contribution in [0, 0.1) is 0 Å². The van der Waals surface area contributed by atoms with Crippen molar-refractivity contribution >= 4 is 28.1 Å². The summed E-state index contributed by atoms with van der Waals surface area (Å²) < 4.78 is 10.1. The van der Waals surface area contributed by atoms with Crippen molar-refractivity contribution in [2.24, 2.45) is 0 Å². The highest BCUT2D eigenvalue weighted by Gasteiger charge is 2.11. The number of hydrogen-bond donors (Lipinski definition) is 1. The lowest BCUT2D eigenvalue weighted by Crippen LogP contribution is -2.05. The van der Waals surface area contributed by atoms with Gasteiger partial charge in [0.05, 0.1) is 25.1 Å². The molecule has 20 heavy (non-hydrogen) atoms. The van der Waals surface area contributed by atoms with Crippen LogP contribution < -0.4 is 10.1 Å². The molecule has 2 aromatic rings. The molecule has 106 valence electrons. The quantitative estimate of drug-likeness (QED) is 0.826. The molecular formula is C13H15N3O3S. The zero-order valence-electron chi connectivity index (χ0n) is 11.3. The first-order valence-corrected chi connectivity index (χ1v) is 7.09. The maximum absolute atomic E-state index is 11.5. The molecule has 0 saturated heterocycles. The second kappa shape index (κ2) is 6.85. The Hall–Kier alpha value is -2.15. The molecule has 0 aliphatic rings. The second-order valence-electron chi connectivity index (χ2n) is 3.70. The summed E-state index contributed by atoms with van der Waals surface area (Å²) in [5.74, 6) is 0.158. The van der Waals surface area contributed by atoms with Crippen LogP contribution in [0.25, 0.3) is 0 Å². The molecule has 0 fully saturated rings. The van der Waals surface area contributed by atoms with Crippen LogP contribution in [-0.2, 0) is 4.74 Å². The van der Waals surface area contributed by atoms with Crippen molar-refractivity contribution in [3.8, 4) is 5.88 Å². The standard InChI is InChI=1S/C13H15N3O3S/c1-3-18-11-6-5-9(7-14-11)15-13-16-10(8-20-13)12(17)19-4-2/h5-8H,3-4H2,1-2H3,(H,15,16). The molecule has 2 rings (SSSR count). The van der Waals surface area contributed by atoms with E-state index in [0.29, 0.717) is 29.9 Å². The van der Waals surface area contributed by atoms with Crippen LogP contribution in [0.5, 0.6) is 5.88 Å². The van der Waals surface area contributed by atoms with Crippen LogP contribution in [0.15, 0.2) is 23.7 Å². The lowest BCUT2D eigenvalue weighted by molar-refractivity contribution is 0.0520. The van der Waals surface area contributed by atoms with Gasteiger partial charge in [0.2, 0.25) is 5.88 Å². The SMILES string of the molecule is CCOC(=O)c1csc(Nc2ccc(OCC)nc2)n1. The first-order chi connectivity index (χ1) is 9.72. The third kappa shape index (κ3) is 3.67. The Labute approximate surface area is 120 Å². The molecule has 0 aliphatic carbocycles. The van der Waals surface area contributed by atoms with Crippen LogP contribution in [-0.4, -0.2) is 29.2 Å². The number of pyridine rings is 1. The van der Waals surface area contributed by atoms with Crippen molar-refractivity contribution in [2.75, 3.05) is 18.5 Å². The van der Waals surface area contributed by atoms with Gasteiger partial charge in [0, 0.05) is 11.4 Å². The van der Waals surface area contributed by atoms with E-state index in [4.69, 9.17) is 9.47 Å². The summed E-state index contributed by atoms with van der Waals surface area (Å²) in [6.45, 7) is 4.58. The van der Waals surface area contributed by atoms with Crippen molar-refractivity contribution in [1.82, 2.24) is 9.97 Å². The number of thiazole rings is 1. The minimum absolute atomic E-state index is 0.304. The Kier molecular flexibility index (Phi) is 4.89. The van der Waals surface area contributed by atoms with Gasteiger partial charge in [0.1, 0.15) is 0 Å². The summed E-state index contributed by atoms with van der Waals surface area (Å²) >= 11 is 1.33. The number of nitrogens with zero attached hydrogens (tertiary/aromatic N) is 2. The molecule has 7 heteroatoms. The highest BCUT2D eigenvalue weighted by molar-refractivity contribution is 7.14. The average Bonchev–Trinajstić information content (AvgIpc) is 2.90. The van der Waals surface area contributed by atoms with Gasteiger partial charge in [-0.25, -0.2) is 14.8 Å². The molecule has 0 bridgehead atoms. The molecule has 2 aromatic heterocycles. The summed E-state index contributed by atoms with van der Waals surface area (Å²) in [4.78, 5) is 19.8. The summed E-state index contributed by atoms with van der Waals surface area (Å²) in [6.07, 6.45) is 1.65. The smallest absolute Gasteiger partial charge is 0.357 e. The second-order valence-corrected chi connectivity index (χ2v) is 4.56. The monoisotopic (exact) mass is 293 g/mol. The molecule has 6 nitrogen and oxygen atoms in total. The van der Waals surface area contributed by atoms with E-state index in [9.17, 15) is 4.79 Å². The maximum atomic E-state index is 11.5. The van der Waals surface area contributed by atoms with Gasteiger partial charge in [-0.2, -0.15) is 0 Å². The first kappa shape index (κ1) is 14.3. The van der Waals surface area contributed by atoms with Gasteiger partial charge >= 0.3 is 5.97 Å². The van der Waals surface area contributed by atoms with E-state index in [2.05, 4.69) is 15.3 Å². The summed E-state index contributed by atoms with van der Waals surface area (Å²) in [5.41, 5.74) is 1.08. The number of carbonyl (C=O) groups is 1. The predicted molar refractivity (Wildman–Crippen MR) is 76.8 cm³/mol. The number of hydrogen-bond acceptors (Lipinski definition) is 7. The van der Waals surface area contributed by atoms with Gasteiger partial charge in [-0.3, -0.25) is 0 Å². The Morgan fingerprint density at radius 1 is 1.35 bits per heavy atom. The first-order valence-electron chi connectivity index (χ1n) is 6.21. The highest BCUT2D eigenvalue weighted by atomic mass is 32.1. The molecule has 0 unspecified atom stereocenters. The molecule has 0 radical (unpaired) electrons. The predicted octanol–water partition coefficient (Wildman–Crippen LogP) is 2.86. The highest BCUT2D eigenvalue weighted by Crippen LogP contribution is 2.21. The van der Waals surface area contributed by atoms with Gasteiger partial charge in [-0.15, -0.1) is 11.3 Å². The van der Waals surface area contributed by atoms with E-state index in [1.807, 2.05) is 13.0 Å². The number of esters is 1. The number of aromatic nitrogens is 2. The fourth-order valence-corrected chi connectivity index (χ4v) is 2.14. The summed E-state index contributed by atoms with van der Waals surface area (Å²) in [5, 5.41) is 5.34. The van der Waals surface area contributed by atoms with E-state index in [-0.39, 0.29) is 0 Å². The Morgan fingerprint density at radius 2 is 2.20 bits per heavy atom. The number of anilines is 2. The topological polar surface area (TPSA) is 73.3 Å². The molecule has 0 aromatic carbocycles. The summed E-state index contributed by atoms with van der Waals surface area (Å²) in [7, 11) is 0. The van der Waals surface area contributed by atoms with Crippen LogP contribution in [0.3, 0.4) is 0 Å². The Bertz CT molecular complexity index is 568. The fraction of sp³-hybridized carbons (Fsp3) is 0.308. The van der Waals surface area contributed by atoms with Crippen molar-refractivity contribution in [2.45, 2.75) is 13.8 Å². The van der Waals surface area contributed by atoms with Gasteiger partial charge in [-0.05, 0) is 19.9 Å². The number of ether oxygens (including phenoxy) is 2. The average molecular weight is 293 g/mol. The molecule has 0 atom stereocenters. The van der Waals surface area contributed by atoms with E-state index in [1.165, 1.54) is 11.3 Å². The number of rotatable bonds is 6. The maximum Gasteiger partial charge on any atom is 0.357 e. The molecule has 2 heterocycles. The number of nitrogens with one attached hydrogen (secondary N) is 1. The summed E-state index contributed by atoms with van der Waals surface area (Å²) in [6, 6.07) is 3.61. The largest absolute Gasteiger partial charge is 0.478 e. The van der Waals surface area contributed by atoms with E-state index in [0.717, 1.165) is 5.69 Å². The zero-order valence-corrected chi connectivity index (χ0v) is 12.1. The molecule has 0 aliphatic heterocycles. The van der Waals surface area contributed by atoms with E-state index >= 15 is 0 Å². The molecule has 0 amide bonds. The van der Waals surface area contributed by atoms with Crippen molar-refractivity contribution in [3.63, 3.8) is 0 Å². The van der Waals surface area contributed by atoms with Crippen molar-refractivity contribution < 1.29 is 14.3 Å². The third-order valence-corrected chi connectivity index (χ3v) is 3.03. The third-order valence-electron chi connectivity index (χ3n) is 2.27. The lowest BCUT2D eigenvalue weighted by Gasteiger charge is -2.04. The molecular weight excluding hydrogens is 278 g/mol. The minimum atomic E-state index is -0.415. The Balaban J connectivity index is 2.01. The van der Waals surface area contributed by atoms with Gasteiger partial charge in [-0.1, -0.05) is 0 Å². The van der Waals surface area contributed by atoms with Gasteiger partial charge in [0.25, 0.3) is 0 Å². The van der Waals surface area contributed by atoms with Crippen molar-refractivity contribution in [3.05, 3.63) is 29.4 Å². The van der Waals surface area contributed by atoms with Gasteiger partial charge in [0.15, 0.2) is 10.8 Å². The van der Waals surface area contributed by atoms with Crippen LogP contribution in [0.4, 0.5) is 10.8 Å². The number of carbonyl (C=O) groups excluding carboxylic acids is 1. The van der Waals surface area contributed by atoms with E-state index < -0.39 is 5.97 Å². The van der Waals surface area contributed by atoms with Crippen LogP contribution in [0.2, 0.25) is 0 Å². The lowest BCUT2D eigenvalue weighted by atomic mass is 10.4. The minimum Gasteiger partial charge on any atom is -0.478 e. The van der Waals surface area contributed by atoms with E-state index in [1.54, 1.807) is 24.6 Å². The molecule has 0 spiro atoms. The molecule has 0 saturated carbocycles. The van der Waals surface area contributed by atoms with Crippen LogP contribution >= 0.6 is 11.3 Å². The Morgan fingerprint density at radius 3 is 2.85 bits per heavy atom. The van der Waals surface area contributed by atoms with Crippen molar-refractivity contribution in [1.29, 1.82) is 0 Å². The normalized spacial score (nSPS) is 10.1. The van der Waals surface area contributed by atoms with Crippen LogP contribution in [0.1, 0.15) is 24.3 Å². The zero-order chi connectivity index (χ0) is 14.4. The van der Waals surface area contributed by atoms with Gasteiger partial charge < -0.3 is 14.8 Å². The fourth-order valence-electron chi connectivity index (χ4n) is 1.44.